The molecule has 2 rings (SSSR count). The highest BCUT2D eigenvalue weighted by atomic mass is 16.5. The standard InChI is InChI=1S/C26H38N2O2/c1-5-7-9-11-19-29-25-17-13-15-23(21(25)3)27-28-24-16-14-18-26(22(24)4)30-20-12-10-8-6-2/h13-18H,5-12,19-20H2,1-4H3. The normalized spacial score (nSPS) is 11.2. The second kappa shape index (κ2) is 13.8. The average Bonchev–Trinajstić information content (AvgIpc) is 2.75. The molecular formula is C26H38N2O2. The number of ether oxygens (including phenoxy) is 2. The first-order chi connectivity index (χ1) is 14.7. The van der Waals surface area contributed by atoms with E-state index in [4.69, 9.17) is 9.47 Å². The van der Waals surface area contributed by atoms with Gasteiger partial charge in [0.25, 0.3) is 0 Å². The lowest BCUT2D eigenvalue weighted by molar-refractivity contribution is 0.303. The van der Waals surface area contributed by atoms with E-state index in [-0.39, 0.29) is 0 Å². The molecule has 2 aromatic rings. The molecule has 164 valence electrons. The van der Waals surface area contributed by atoms with E-state index >= 15 is 0 Å². The number of hydrogen-bond donors (Lipinski definition) is 0. The predicted molar refractivity (Wildman–Crippen MR) is 126 cm³/mol. The Labute approximate surface area is 182 Å². The van der Waals surface area contributed by atoms with E-state index < -0.39 is 0 Å². The molecule has 0 saturated heterocycles. The zero-order valence-corrected chi connectivity index (χ0v) is 19.2. The van der Waals surface area contributed by atoms with Gasteiger partial charge in [-0.3, -0.25) is 0 Å². The van der Waals surface area contributed by atoms with Gasteiger partial charge in [0.15, 0.2) is 0 Å². The maximum Gasteiger partial charge on any atom is 0.124 e. The van der Waals surface area contributed by atoms with Crippen molar-refractivity contribution in [2.24, 2.45) is 10.2 Å². The quantitative estimate of drug-likeness (QED) is 0.231. The van der Waals surface area contributed by atoms with Gasteiger partial charge in [-0.25, -0.2) is 0 Å². The van der Waals surface area contributed by atoms with Crippen molar-refractivity contribution in [1.82, 2.24) is 0 Å². The molecule has 2 aromatic carbocycles. The molecule has 4 heteroatoms. The van der Waals surface area contributed by atoms with Crippen LogP contribution in [0.3, 0.4) is 0 Å². The summed E-state index contributed by atoms with van der Waals surface area (Å²) in [5.41, 5.74) is 3.73. The molecule has 0 saturated carbocycles. The van der Waals surface area contributed by atoms with Gasteiger partial charge in [-0.1, -0.05) is 64.5 Å². The van der Waals surface area contributed by atoms with Crippen molar-refractivity contribution in [1.29, 1.82) is 0 Å². The van der Waals surface area contributed by atoms with E-state index in [1.807, 2.05) is 50.2 Å². The van der Waals surface area contributed by atoms with Crippen molar-refractivity contribution >= 4 is 11.4 Å². The molecule has 0 bridgehead atoms. The van der Waals surface area contributed by atoms with Crippen LogP contribution in [0, 0.1) is 13.8 Å². The number of hydrogen-bond acceptors (Lipinski definition) is 4. The molecule has 0 atom stereocenters. The van der Waals surface area contributed by atoms with Gasteiger partial charge in [-0.15, -0.1) is 0 Å². The van der Waals surface area contributed by atoms with Gasteiger partial charge in [-0.2, -0.15) is 10.2 Å². The molecule has 0 aromatic heterocycles. The molecule has 0 radical (unpaired) electrons. The maximum absolute atomic E-state index is 5.97. The Bertz CT molecular complexity index is 721. The molecule has 4 nitrogen and oxygen atoms in total. The highest BCUT2D eigenvalue weighted by Crippen LogP contribution is 2.32. The van der Waals surface area contributed by atoms with Gasteiger partial charge in [-0.05, 0) is 51.0 Å². The summed E-state index contributed by atoms with van der Waals surface area (Å²) >= 11 is 0. The minimum Gasteiger partial charge on any atom is -0.493 e. The van der Waals surface area contributed by atoms with Gasteiger partial charge < -0.3 is 9.47 Å². The predicted octanol–water partition coefficient (Wildman–Crippen LogP) is 8.64. The molecule has 30 heavy (non-hydrogen) atoms. The van der Waals surface area contributed by atoms with Crippen molar-refractivity contribution < 1.29 is 9.47 Å². The van der Waals surface area contributed by atoms with Crippen molar-refractivity contribution in [2.75, 3.05) is 13.2 Å². The van der Waals surface area contributed by atoms with Gasteiger partial charge in [0.1, 0.15) is 11.5 Å². The number of azo groups is 1. The lowest BCUT2D eigenvalue weighted by atomic mass is 10.1. The highest BCUT2D eigenvalue weighted by molar-refractivity contribution is 5.55. The maximum atomic E-state index is 5.97. The number of unbranched alkanes of at least 4 members (excludes halogenated alkanes) is 6. The zero-order chi connectivity index (χ0) is 21.6. The largest absolute Gasteiger partial charge is 0.493 e. The van der Waals surface area contributed by atoms with Gasteiger partial charge in [0.05, 0.1) is 24.6 Å². The zero-order valence-electron chi connectivity index (χ0n) is 19.2. The molecule has 0 fully saturated rings. The molecule has 0 amide bonds. The van der Waals surface area contributed by atoms with E-state index in [0.717, 1.165) is 60.1 Å². The minimum absolute atomic E-state index is 0.748. The lowest BCUT2D eigenvalue weighted by Crippen LogP contribution is -1.99. The second-order valence-electron chi connectivity index (χ2n) is 7.82. The molecule has 0 heterocycles. The van der Waals surface area contributed by atoms with E-state index in [2.05, 4.69) is 24.1 Å². The molecule has 0 spiro atoms. The summed E-state index contributed by atoms with van der Waals surface area (Å²) < 4.78 is 11.9. The Hall–Kier alpha value is -2.36. The van der Waals surface area contributed by atoms with Gasteiger partial charge in [0, 0.05) is 11.1 Å². The molecule has 0 aliphatic carbocycles. The molecule has 0 aliphatic rings. The van der Waals surface area contributed by atoms with Crippen LogP contribution >= 0.6 is 0 Å². The SMILES string of the molecule is CCCCCCOc1cccc(N=Nc2cccc(OCCCCCC)c2C)c1C. The Morgan fingerprint density at radius 3 is 1.43 bits per heavy atom. The van der Waals surface area contributed by atoms with Crippen LogP contribution in [0.2, 0.25) is 0 Å². The van der Waals surface area contributed by atoms with Crippen molar-refractivity contribution in [3.63, 3.8) is 0 Å². The van der Waals surface area contributed by atoms with Crippen molar-refractivity contribution in [2.45, 2.75) is 79.1 Å². The third kappa shape index (κ3) is 7.81. The number of rotatable bonds is 14. The first-order valence-electron chi connectivity index (χ1n) is 11.5. The van der Waals surface area contributed by atoms with Crippen LogP contribution in [-0.4, -0.2) is 13.2 Å². The number of benzene rings is 2. The van der Waals surface area contributed by atoms with Crippen LogP contribution in [0.4, 0.5) is 11.4 Å². The van der Waals surface area contributed by atoms with Crippen molar-refractivity contribution in [3.05, 3.63) is 47.5 Å². The van der Waals surface area contributed by atoms with Crippen LogP contribution < -0.4 is 9.47 Å². The third-order valence-corrected chi connectivity index (χ3v) is 5.29. The van der Waals surface area contributed by atoms with E-state index in [1.165, 1.54) is 38.5 Å². The monoisotopic (exact) mass is 410 g/mol. The Balaban J connectivity index is 1.99. The van der Waals surface area contributed by atoms with E-state index in [9.17, 15) is 0 Å². The molecule has 0 aliphatic heterocycles. The van der Waals surface area contributed by atoms with Gasteiger partial charge >= 0.3 is 0 Å². The van der Waals surface area contributed by atoms with Crippen LogP contribution in [0.5, 0.6) is 11.5 Å². The van der Waals surface area contributed by atoms with E-state index in [1.54, 1.807) is 0 Å². The topological polar surface area (TPSA) is 43.2 Å². The third-order valence-electron chi connectivity index (χ3n) is 5.29. The fourth-order valence-corrected chi connectivity index (χ4v) is 3.26. The van der Waals surface area contributed by atoms with Crippen LogP contribution in [0.15, 0.2) is 46.6 Å². The van der Waals surface area contributed by atoms with Gasteiger partial charge in [0.2, 0.25) is 0 Å². The summed E-state index contributed by atoms with van der Waals surface area (Å²) in [5, 5.41) is 9.01. The summed E-state index contributed by atoms with van der Waals surface area (Å²) in [6, 6.07) is 11.9. The fourth-order valence-electron chi connectivity index (χ4n) is 3.26. The average molecular weight is 411 g/mol. The summed E-state index contributed by atoms with van der Waals surface area (Å²) in [6.45, 7) is 10.0. The Morgan fingerprint density at radius 2 is 1.03 bits per heavy atom. The highest BCUT2D eigenvalue weighted by Gasteiger charge is 2.07. The summed E-state index contributed by atoms with van der Waals surface area (Å²) in [7, 11) is 0. The second-order valence-corrected chi connectivity index (χ2v) is 7.82. The summed E-state index contributed by atoms with van der Waals surface area (Å²) in [5.74, 6) is 1.78. The Morgan fingerprint density at radius 1 is 0.600 bits per heavy atom. The van der Waals surface area contributed by atoms with E-state index in [0.29, 0.717) is 0 Å². The van der Waals surface area contributed by atoms with Crippen LogP contribution in [-0.2, 0) is 0 Å². The molecule has 0 N–H and O–H groups in total. The number of nitrogens with zero attached hydrogens (tertiary/aromatic N) is 2. The first kappa shape index (κ1) is 23.9. The first-order valence-corrected chi connectivity index (χ1v) is 11.5. The smallest absolute Gasteiger partial charge is 0.124 e. The van der Waals surface area contributed by atoms with Crippen molar-refractivity contribution in [3.8, 4) is 11.5 Å². The van der Waals surface area contributed by atoms with Crippen LogP contribution in [0.25, 0.3) is 0 Å². The fraction of sp³-hybridized carbons (Fsp3) is 0.538. The minimum atomic E-state index is 0.748. The molecular weight excluding hydrogens is 372 g/mol. The lowest BCUT2D eigenvalue weighted by Gasteiger charge is -2.11. The van der Waals surface area contributed by atoms with Crippen LogP contribution in [0.1, 0.15) is 76.3 Å². The summed E-state index contributed by atoms with van der Waals surface area (Å²) in [6.07, 6.45) is 9.59. The Kier molecular flexibility index (Phi) is 11.0. The molecule has 0 unspecified atom stereocenters. The summed E-state index contributed by atoms with van der Waals surface area (Å²) in [4.78, 5) is 0.